The van der Waals surface area contributed by atoms with Crippen LogP contribution in [-0.2, 0) is 6.54 Å². The van der Waals surface area contributed by atoms with Crippen LogP contribution in [-0.4, -0.2) is 17.2 Å². The van der Waals surface area contributed by atoms with Crippen LogP contribution in [0.3, 0.4) is 0 Å². The third kappa shape index (κ3) is 2.79. The summed E-state index contributed by atoms with van der Waals surface area (Å²) in [7, 11) is 0. The van der Waals surface area contributed by atoms with Crippen molar-refractivity contribution in [1.82, 2.24) is 5.32 Å². The SMILES string of the molecule is NC1CCC(NCc2c(O)ccc3ccccc23)CC1. The molecule has 1 saturated carbocycles. The summed E-state index contributed by atoms with van der Waals surface area (Å²) >= 11 is 0. The van der Waals surface area contributed by atoms with Gasteiger partial charge in [0.2, 0.25) is 0 Å². The molecule has 0 heterocycles. The fraction of sp³-hybridized carbons (Fsp3) is 0.412. The second-order valence-corrected chi connectivity index (χ2v) is 5.78. The lowest BCUT2D eigenvalue weighted by molar-refractivity contribution is 0.340. The Labute approximate surface area is 119 Å². The Morgan fingerprint density at radius 1 is 1.05 bits per heavy atom. The van der Waals surface area contributed by atoms with E-state index >= 15 is 0 Å². The van der Waals surface area contributed by atoms with Crippen LogP contribution in [0.5, 0.6) is 5.75 Å². The van der Waals surface area contributed by atoms with Gasteiger partial charge in [-0.3, -0.25) is 0 Å². The summed E-state index contributed by atoms with van der Waals surface area (Å²) in [5.74, 6) is 0.378. The van der Waals surface area contributed by atoms with Gasteiger partial charge in [-0.1, -0.05) is 30.3 Å². The van der Waals surface area contributed by atoms with E-state index in [1.807, 2.05) is 18.2 Å². The molecule has 0 atom stereocenters. The number of phenolic OH excluding ortho intramolecular Hbond substituents is 1. The van der Waals surface area contributed by atoms with Crippen molar-refractivity contribution in [1.29, 1.82) is 0 Å². The maximum Gasteiger partial charge on any atom is 0.120 e. The van der Waals surface area contributed by atoms with E-state index in [9.17, 15) is 5.11 Å². The molecule has 3 nitrogen and oxygen atoms in total. The highest BCUT2D eigenvalue weighted by molar-refractivity contribution is 5.87. The highest BCUT2D eigenvalue weighted by atomic mass is 16.3. The van der Waals surface area contributed by atoms with Gasteiger partial charge in [0.05, 0.1) is 0 Å². The van der Waals surface area contributed by atoms with Gasteiger partial charge < -0.3 is 16.2 Å². The van der Waals surface area contributed by atoms with Crippen molar-refractivity contribution in [3.63, 3.8) is 0 Å². The van der Waals surface area contributed by atoms with Crippen LogP contribution in [0.1, 0.15) is 31.2 Å². The number of hydrogen-bond acceptors (Lipinski definition) is 3. The number of hydrogen-bond donors (Lipinski definition) is 3. The standard InChI is InChI=1S/C17H22N2O/c18-13-6-8-14(9-7-13)19-11-16-15-4-2-1-3-12(15)5-10-17(16)20/h1-5,10,13-14,19-20H,6-9,11,18H2. The van der Waals surface area contributed by atoms with Crippen LogP contribution >= 0.6 is 0 Å². The molecule has 0 aliphatic heterocycles. The fourth-order valence-corrected chi connectivity index (χ4v) is 3.08. The summed E-state index contributed by atoms with van der Waals surface area (Å²) in [5.41, 5.74) is 6.93. The van der Waals surface area contributed by atoms with E-state index in [4.69, 9.17) is 5.73 Å². The average molecular weight is 270 g/mol. The van der Waals surface area contributed by atoms with Crippen molar-refractivity contribution >= 4 is 10.8 Å². The normalized spacial score (nSPS) is 23.1. The molecule has 1 fully saturated rings. The lowest BCUT2D eigenvalue weighted by Crippen LogP contribution is -2.37. The first kappa shape index (κ1) is 13.4. The smallest absolute Gasteiger partial charge is 0.120 e. The van der Waals surface area contributed by atoms with Crippen LogP contribution in [0.15, 0.2) is 36.4 Å². The molecular weight excluding hydrogens is 248 g/mol. The van der Waals surface area contributed by atoms with E-state index in [1.165, 1.54) is 5.39 Å². The third-order valence-corrected chi connectivity index (χ3v) is 4.36. The summed E-state index contributed by atoms with van der Waals surface area (Å²) in [6.45, 7) is 0.715. The van der Waals surface area contributed by atoms with Crippen LogP contribution < -0.4 is 11.1 Å². The van der Waals surface area contributed by atoms with Gasteiger partial charge >= 0.3 is 0 Å². The van der Waals surface area contributed by atoms with Crippen molar-refractivity contribution in [3.05, 3.63) is 42.0 Å². The Kier molecular flexibility index (Phi) is 3.90. The number of aromatic hydroxyl groups is 1. The molecule has 0 saturated heterocycles. The molecule has 0 amide bonds. The molecule has 106 valence electrons. The molecule has 3 heteroatoms. The molecule has 3 rings (SSSR count). The third-order valence-electron chi connectivity index (χ3n) is 4.36. The highest BCUT2D eigenvalue weighted by Gasteiger charge is 2.18. The fourth-order valence-electron chi connectivity index (χ4n) is 3.08. The number of benzene rings is 2. The highest BCUT2D eigenvalue weighted by Crippen LogP contribution is 2.27. The summed E-state index contributed by atoms with van der Waals surface area (Å²) in [4.78, 5) is 0. The van der Waals surface area contributed by atoms with Crippen molar-refractivity contribution in [2.75, 3.05) is 0 Å². The lowest BCUT2D eigenvalue weighted by Gasteiger charge is -2.27. The molecule has 0 aromatic heterocycles. The largest absolute Gasteiger partial charge is 0.508 e. The summed E-state index contributed by atoms with van der Waals surface area (Å²) < 4.78 is 0. The quantitative estimate of drug-likeness (QED) is 0.803. The van der Waals surface area contributed by atoms with Crippen molar-refractivity contribution in [2.45, 2.75) is 44.3 Å². The zero-order valence-corrected chi connectivity index (χ0v) is 11.7. The second-order valence-electron chi connectivity index (χ2n) is 5.78. The zero-order valence-electron chi connectivity index (χ0n) is 11.7. The molecule has 0 bridgehead atoms. The Morgan fingerprint density at radius 3 is 2.60 bits per heavy atom. The predicted octanol–water partition coefficient (Wildman–Crippen LogP) is 2.90. The molecule has 0 unspecified atom stereocenters. The Balaban J connectivity index is 1.75. The van der Waals surface area contributed by atoms with E-state index in [-0.39, 0.29) is 0 Å². The molecule has 1 aliphatic carbocycles. The minimum Gasteiger partial charge on any atom is -0.508 e. The van der Waals surface area contributed by atoms with E-state index in [2.05, 4.69) is 17.4 Å². The summed E-state index contributed by atoms with van der Waals surface area (Å²) in [6.07, 6.45) is 4.46. The molecule has 2 aromatic carbocycles. The molecule has 20 heavy (non-hydrogen) atoms. The minimum absolute atomic E-state index is 0.374. The zero-order chi connectivity index (χ0) is 13.9. The number of rotatable bonds is 3. The van der Waals surface area contributed by atoms with Gasteiger partial charge in [0.25, 0.3) is 0 Å². The second kappa shape index (κ2) is 5.81. The monoisotopic (exact) mass is 270 g/mol. The van der Waals surface area contributed by atoms with Crippen molar-refractivity contribution in [2.24, 2.45) is 5.73 Å². The van der Waals surface area contributed by atoms with E-state index in [0.717, 1.165) is 36.6 Å². The van der Waals surface area contributed by atoms with Crippen LogP contribution in [0.2, 0.25) is 0 Å². The van der Waals surface area contributed by atoms with Crippen molar-refractivity contribution in [3.8, 4) is 5.75 Å². The predicted molar refractivity (Wildman–Crippen MR) is 82.7 cm³/mol. The topological polar surface area (TPSA) is 58.3 Å². The average Bonchev–Trinajstić information content (AvgIpc) is 2.48. The van der Waals surface area contributed by atoms with Gasteiger partial charge in [0.1, 0.15) is 5.75 Å². The maximum atomic E-state index is 10.1. The first-order valence-corrected chi connectivity index (χ1v) is 7.42. The molecule has 2 aromatic rings. The van der Waals surface area contributed by atoms with Gasteiger partial charge in [0.15, 0.2) is 0 Å². The van der Waals surface area contributed by atoms with Gasteiger partial charge in [-0.05, 0) is 42.5 Å². The number of phenols is 1. The van der Waals surface area contributed by atoms with E-state index < -0.39 is 0 Å². The van der Waals surface area contributed by atoms with Gasteiger partial charge in [-0.2, -0.15) is 0 Å². The number of nitrogens with two attached hydrogens (primary N) is 1. The first-order valence-electron chi connectivity index (χ1n) is 7.42. The molecule has 0 spiro atoms. The van der Waals surface area contributed by atoms with Gasteiger partial charge in [0, 0.05) is 24.2 Å². The minimum atomic E-state index is 0.374. The summed E-state index contributed by atoms with van der Waals surface area (Å²) in [5, 5.41) is 16.0. The molecule has 0 radical (unpaired) electrons. The maximum absolute atomic E-state index is 10.1. The Hall–Kier alpha value is -1.58. The Bertz CT molecular complexity index is 589. The number of fused-ring (bicyclic) bond motifs is 1. The van der Waals surface area contributed by atoms with Crippen LogP contribution in [0.25, 0.3) is 10.8 Å². The van der Waals surface area contributed by atoms with Gasteiger partial charge in [-0.15, -0.1) is 0 Å². The van der Waals surface area contributed by atoms with E-state index in [0.29, 0.717) is 24.4 Å². The van der Waals surface area contributed by atoms with Gasteiger partial charge in [-0.25, -0.2) is 0 Å². The van der Waals surface area contributed by atoms with Crippen LogP contribution in [0, 0.1) is 0 Å². The Morgan fingerprint density at radius 2 is 1.80 bits per heavy atom. The first-order chi connectivity index (χ1) is 9.74. The molecule has 4 N–H and O–H groups in total. The number of nitrogens with one attached hydrogen (secondary N) is 1. The van der Waals surface area contributed by atoms with E-state index in [1.54, 1.807) is 6.07 Å². The van der Waals surface area contributed by atoms with Crippen molar-refractivity contribution < 1.29 is 5.11 Å². The lowest BCUT2D eigenvalue weighted by atomic mass is 9.91. The molecule has 1 aliphatic rings. The summed E-state index contributed by atoms with van der Waals surface area (Å²) in [6, 6.07) is 12.8. The van der Waals surface area contributed by atoms with Crippen LogP contribution in [0.4, 0.5) is 0 Å². The molecular formula is C17H22N2O.